The van der Waals surface area contributed by atoms with Gasteiger partial charge >= 0.3 is 0 Å². The van der Waals surface area contributed by atoms with Crippen molar-refractivity contribution in [3.8, 4) is 0 Å². The smallest absolute Gasteiger partial charge is 0.296 e. The van der Waals surface area contributed by atoms with Crippen LogP contribution < -0.4 is 5.73 Å². The van der Waals surface area contributed by atoms with Gasteiger partial charge in [0.15, 0.2) is 0 Å². The molecular formula is C8H11F2NS. The third-order valence-corrected chi connectivity index (χ3v) is 2.84. The summed E-state index contributed by atoms with van der Waals surface area (Å²) in [5.74, 6) is -2.89. The zero-order chi connectivity index (χ0) is 9.35. The molecule has 1 rings (SSSR count). The molecular weight excluding hydrogens is 180 g/mol. The Kier molecular flexibility index (Phi) is 2.49. The summed E-state index contributed by atoms with van der Waals surface area (Å²) >= 11 is 1.05. The van der Waals surface area contributed by atoms with Gasteiger partial charge in [0.05, 0.1) is 10.9 Å². The van der Waals surface area contributed by atoms with Crippen LogP contribution >= 0.6 is 11.3 Å². The SMILES string of the molecule is Cc1ccsc1C(F)(F)C(C)N. The normalized spacial score (nSPS) is 14.8. The second-order valence-corrected chi connectivity index (χ2v) is 3.76. The highest BCUT2D eigenvalue weighted by atomic mass is 32.1. The highest BCUT2D eigenvalue weighted by molar-refractivity contribution is 7.10. The number of aryl methyl sites for hydroxylation is 1. The van der Waals surface area contributed by atoms with Gasteiger partial charge in [-0.3, -0.25) is 0 Å². The fourth-order valence-electron chi connectivity index (χ4n) is 0.921. The van der Waals surface area contributed by atoms with Crippen molar-refractivity contribution < 1.29 is 8.78 Å². The monoisotopic (exact) mass is 191 g/mol. The van der Waals surface area contributed by atoms with Crippen molar-refractivity contribution in [3.05, 3.63) is 21.9 Å². The molecule has 1 heterocycles. The van der Waals surface area contributed by atoms with Crippen LogP contribution in [0.2, 0.25) is 0 Å². The molecule has 0 saturated carbocycles. The summed E-state index contributed by atoms with van der Waals surface area (Å²) < 4.78 is 26.5. The molecule has 68 valence electrons. The minimum Gasteiger partial charge on any atom is -0.323 e. The third-order valence-electron chi connectivity index (χ3n) is 1.74. The van der Waals surface area contributed by atoms with Crippen LogP contribution in [0.3, 0.4) is 0 Å². The van der Waals surface area contributed by atoms with Crippen LogP contribution in [0.1, 0.15) is 17.4 Å². The third kappa shape index (κ3) is 1.49. The van der Waals surface area contributed by atoms with Crippen LogP contribution in [0.15, 0.2) is 11.4 Å². The Morgan fingerprint density at radius 2 is 2.17 bits per heavy atom. The van der Waals surface area contributed by atoms with E-state index >= 15 is 0 Å². The molecule has 0 aliphatic carbocycles. The maximum Gasteiger partial charge on any atom is 0.296 e. The zero-order valence-electron chi connectivity index (χ0n) is 6.97. The molecule has 1 aromatic heterocycles. The first-order valence-corrected chi connectivity index (χ1v) is 4.52. The second kappa shape index (κ2) is 3.11. The van der Waals surface area contributed by atoms with E-state index in [-0.39, 0.29) is 4.88 Å². The van der Waals surface area contributed by atoms with E-state index in [0.29, 0.717) is 5.56 Å². The molecule has 1 nitrogen and oxygen atoms in total. The second-order valence-electron chi connectivity index (χ2n) is 2.84. The topological polar surface area (TPSA) is 26.0 Å². The highest BCUT2D eigenvalue weighted by Crippen LogP contribution is 2.36. The molecule has 0 aliphatic heterocycles. The van der Waals surface area contributed by atoms with Crippen molar-refractivity contribution in [2.75, 3.05) is 0 Å². The summed E-state index contributed by atoms with van der Waals surface area (Å²) in [7, 11) is 0. The average molecular weight is 191 g/mol. The van der Waals surface area contributed by atoms with Gasteiger partial charge in [-0.05, 0) is 30.9 Å². The predicted octanol–water partition coefficient (Wildman–Crippen LogP) is 2.50. The molecule has 2 N–H and O–H groups in total. The number of nitrogens with two attached hydrogens (primary N) is 1. The van der Waals surface area contributed by atoms with Crippen LogP contribution in [0, 0.1) is 6.92 Å². The van der Waals surface area contributed by atoms with Crippen molar-refractivity contribution in [3.63, 3.8) is 0 Å². The lowest BCUT2D eigenvalue weighted by Crippen LogP contribution is -2.35. The van der Waals surface area contributed by atoms with Crippen molar-refractivity contribution in [1.82, 2.24) is 0 Å². The first-order valence-electron chi connectivity index (χ1n) is 3.64. The van der Waals surface area contributed by atoms with E-state index in [2.05, 4.69) is 0 Å². The van der Waals surface area contributed by atoms with Gasteiger partial charge in [-0.15, -0.1) is 11.3 Å². The average Bonchev–Trinajstić information content (AvgIpc) is 2.35. The number of hydrogen-bond acceptors (Lipinski definition) is 2. The zero-order valence-corrected chi connectivity index (χ0v) is 7.79. The molecule has 12 heavy (non-hydrogen) atoms. The van der Waals surface area contributed by atoms with Crippen LogP contribution in [0.25, 0.3) is 0 Å². The Labute approximate surface area is 74.2 Å². The Hall–Kier alpha value is -0.480. The minimum absolute atomic E-state index is 0.0810. The van der Waals surface area contributed by atoms with Crippen molar-refractivity contribution >= 4 is 11.3 Å². The standard InChI is InChI=1S/C8H11F2NS/c1-5-3-4-12-7(5)8(9,10)6(2)11/h3-4,6H,11H2,1-2H3. The molecule has 1 aromatic rings. The van der Waals surface area contributed by atoms with Crippen LogP contribution in [0.4, 0.5) is 8.78 Å². The van der Waals surface area contributed by atoms with Gasteiger partial charge in [-0.25, -0.2) is 0 Å². The van der Waals surface area contributed by atoms with E-state index in [0.717, 1.165) is 11.3 Å². The van der Waals surface area contributed by atoms with Crippen molar-refractivity contribution in [2.45, 2.75) is 25.8 Å². The number of halogens is 2. The van der Waals surface area contributed by atoms with E-state index in [1.54, 1.807) is 18.4 Å². The quantitative estimate of drug-likeness (QED) is 0.763. The summed E-state index contributed by atoms with van der Waals surface area (Å²) in [6, 6.07) is 0.547. The Bertz CT molecular complexity index is 268. The lowest BCUT2D eigenvalue weighted by atomic mass is 10.1. The fourth-order valence-corrected chi connectivity index (χ4v) is 1.93. The van der Waals surface area contributed by atoms with Gasteiger partial charge in [-0.2, -0.15) is 8.78 Å². The van der Waals surface area contributed by atoms with E-state index in [1.165, 1.54) is 6.92 Å². The molecule has 0 aliphatic rings. The van der Waals surface area contributed by atoms with Crippen LogP contribution in [-0.4, -0.2) is 6.04 Å². The molecule has 1 atom stereocenters. The minimum atomic E-state index is -2.89. The highest BCUT2D eigenvalue weighted by Gasteiger charge is 2.38. The number of rotatable bonds is 2. The van der Waals surface area contributed by atoms with Gasteiger partial charge in [0, 0.05) is 0 Å². The van der Waals surface area contributed by atoms with Crippen LogP contribution in [0.5, 0.6) is 0 Å². The first-order chi connectivity index (χ1) is 5.46. The summed E-state index contributed by atoms with van der Waals surface area (Å²) in [6.07, 6.45) is 0. The Morgan fingerprint density at radius 1 is 1.58 bits per heavy atom. The fraction of sp³-hybridized carbons (Fsp3) is 0.500. The summed E-state index contributed by atoms with van der Waals surface area (Å²) in [5, 5.41) is 1.65. The summed E-state index contributed by atoms with van der Waals surface area (Å²) in [5.41, 5.74) is 5.80. The molecule has 4 heteroatoms. The lowest BCUT2D eigenvalue weighted by molar-refractivity contribution is -0.0224. The maximum absolute atomic E-state index is 13.3. The molecule has 0 aromatic carbocycles. The molecule has 1 unspecified atom stereocenters. The largest absolute Gasteiger partial charge is 0.323 e. The van der Waals surface area contributed by atoms with E-state index in [1.807, 2.05) is 0 Å². The molecule has 0 saturated heterocycles. The summed E-state index contributed by atoms with van der Waals surface area (Å²) in [6.45, 7) is 2.99. The molecule has 0 amide bonds. The lowest BCUT2D eigenvalue weighted by Gasteiger charge is -2.19. The van der Waals surface area contributed by atoms with Gasteiger partial charge in [0.2, 0.25) is 0 Å². The molecule has 0 spiro atoms. The predicted molar refractivity (Wildman–Crippen MR) is 46.6 cm³/mol. The van der Waals surface area contributed by atoms with Gasteiger partial charge in [0.25, 0.3) is 5.92 Å². The number of hydrogen-bond donors (Lipinski definition) is 1. The molecule has 0 radical (unpaired) electrons. The van der Waals surface area contributed by atoms with E-state index < -0.39 is 12.0 Å². The molecule has 0 fully saturated rings. The van der Waals surface area contributed by atoms with Gasteiger partial charge in [-0.1, -0.05) is 0 Å². The Morgan fingerprint density at radius 3 is 2.50 bits per heavy atom. The first kappa shape index (κ1) is 9.61. The number of alkyl halides is 2. The Balaban J connectivity index is 3.05. The van der Waals surface area contributed by atoms with Crippen molar-refractivity contribution in [2.24, 2.45) is 5.73 Å². The van der Waals surface area contributed by atoms with Crippen molar-refractivity contribution in [1.29, 1.82) is 0 Å². The van der Waals surface area contributed by atoms with E-state index in [9.17, 15) is 8.78 Å². The maximum atomic E-state index is 13.3. The van der Waals surface area contributed by atoms with Crippen LogP contribution in [-0.2, 0) is 5.92 Å². The number of thiophene rings is 1. The van der Waals surface area contributed by atoms with E-state index in [4.69, 9.17) is 5.73 Å². The summed E-state index contributed by atoms with van der Waals surface area (Å²) in [4.78, 5) is 0.0810. The van der Waals surface area contributed by atoms with Gasteiger partial charge < -0.3 is 5.73 Å². The van der Waals surface area contributed by atoms with Gasteiger partial charge in [0.1, 0.15) is 0 Å². The molecule has 0 bridgehead atoms.